The summed E-state index contributed by atoms with van der Waals surface area (Å²) >= 11 is 0. The highest BCUT2D eigenvalue weighted by atomic mass is 35.5. The molecular weight excluding hydrogens is 286 g/mol. The number of halogens is 3. The molecule has 1 N–H and O–H groups in total. The molecule has 1 atom stereocenters. The van der Waals surface area contributed by atoms with Crippen molar-refractivity contribution in [3.63, 3.8) is 0 Å². The largest absolute Gasteiger partial charge is 0.314 e. The quantitative estimate of drug-likeness (QED) is 0.860. The van der Waals surface area contributed by atoms with Gasteiger partial charge in [0.2, 0.25) is 0 Å². The Hall–Kier alpha value is -0.610. The minimum absolute atomic E-state index is 0. The van der Waals surface area contributed by atoms with Gasteiger partial charge in [0.05, 0.1) is 0 Å². The lowest BCUT2D eigenvalue weighted by Gasteiger charge is -2.34. The second-order valence-electron chi connectivity index (χ2n) is 4.38. The Morgan fingerprint density at radius 3 is 2.58 bits per heavy atom. The van der Waals surface area contributed by atoms with E-state index < -0.39 is 0 Å². The van der Waals surface area contributed by atoms with Gasteiger partial charge in [-0.2, -0.15) is 0 Å². The van der Waals surface area contributed by atoms with Gasteiger partial charge in [-0.1, -0.05) is 18.2 Å². The molecule has 0 saturated carbocycles. The lowest BCUT2D eigenvalue weighted by atomic mass is 10.0. The molecule has 1 aromatic carbocycles. The van der Waals surface area contributed by atoms with Gasteiger partial charge in [-0.15, -0.1) is 31.4 Å². The smallest absolute Gasteiger partial charge is 0.123 e. The topological polar surface area (TPSA) is 15.3 Å². The predicted molar refractivity (Wildman–Crippen MR) is 82.9 cm³/mol. The summed E-state index contributed by atoms with van der Waals surface area (Å²) < 4.78 is 13.3. The maximum absolute atomic E-state index is 13.3. The van der Waals surface area contributed by atoms with Crippen molar-refractivity contribution in [3.05, 3.63) is 48.3 Å². The molecule has 0 spiro atoms. The Bertz CT molecular complexity index is 381. The predicted octanol–water partition coefficient (Wildman–Crippen LogP) is 3.19. The Balaban J connectivity index is 0.00000162. The average molecular weight is 307 g/mol. The van der Waals surface area contributed by atoms with E-state index in [0.29, 0.717) is 0 Å². The molecule has 0 aromatic heterocycles. The van der Waals surface area contributed by atoms with Crippen LogP contribution >= 0.6 is 24.8 Å². The SMILES string of the molecule is C=CC[C@H](c1cccc(F)c1)N1CCNCC1.Cl.Cl. The fourth-order valence-corrected chi connectivity index (χ4v) is 2.36. The van der Waals surface area contributed by atoms with Crippen LogP contribution in [-0.2, 0) is 0 Å². The molecule has 0 unspecified atom stereocenters. The second-order valence-corrected chi connectivity index (χ2v) is 4.38. The molecule has 108 valence electrons. The number of nitrogens with one attached hydrogen (secondary N) is 1. The number of nitrogens with zero attached hydrogens (tertiary/aromatic N) is 1. The summed E-state index contributed by atoms with van der Waals surface area (Å²) in [6.45, 7) is 7.83. The van der Waals surface area contributed by atoms with Crippen LogP contribution in [0.1, 0.15) is 18.0 Å². The van der Waals surface area contributed by atoms with Gasteiger partial charge in [-0.25, -0.2) is 4.39 Å². The third kappa shape index (κ3) is 5.11. The number of hydrogen-bond acceptors (Lipinski definition) is 2. The van der Waals surface area contributed by atoms with Gasteiger partial charge in [-0.05, 0) is 24.1 Å². The van der Waals surface area contributed by atoms with Gasteiger partial charge < -0.3 is 5.32 Å². The number of piperazine rings is 1. The van der Waals surface area contributed by atoms with Crippen LogP contribution in [0.15, 0.2) is 36.9 Å². The van der Waals surface area contributed by atoms with Crippen LogP contribution in [-0.4, -0.2) is 31.1 Å². The fraction of sp³-hybridized carbons (Fsp3) is 0.429. The molecule has 0 bridgehead atoms. The highest BCUT2D eigenvalue weighted by Gasteiger charge is 2.21. The number of benzene rings is 1. The number of rotatable bonds is 4. The molecule has 2 rings (SSSR count). The average Bonchev–Trinajstić information content (AvgIpc) is 2.37. The lowest BCUT2D eigenvalue weighted by molar-refractivity contribution is 0.174. The van der Waals surface area contributed by atoms with Gasteiger partial charge >= 0.3 is 0 Å². The first-order valence-electron chi connectivity index (χ1n) is 6.12. The molecule has 1 aliphatic rings. The van der Waals surface area contributed by atoms with Crippen LogP contribution < -0.4 is 5.32 Å². The molecule has 1 saturated heterocycles. The maximum Gasteiger partial charge on any atom is 0.123 e. The van der Waals surface area contributed by atoms with Crippen LogP contribution in [0.25, 0.3) is 0 Å². The zero-order valence-electron chi connectivity index (χ0n) is 10.8. The molecule has 0 aliphatic carbocycles. The molecule has 5 heteroatoms. The molecule has 1 heterocycles. The molecule has 2 nitrogen and oxygen atoms in total. The molecule has 1 aliphatic heterocycles. The van der Waals surface area contributed by atoms with Crippen molar-refractivity contribution in [1.29, 1.82) is 0 Å². The van der Waals surface area contributed by atoms with Gasteiger partial charge in [0.25, 0.3) is 0 Å². The van der Waals surface area contributed by atoms with E-state index in [1.165, 1.54) is 6.07 Å². The van der Waals surface area contributed by atoms with Crippen molar-refractivity contribution in [1.82, 2.24) is 10.2 Å². The van der Waals surface area contributed by atoms with Gasteiger partial charge in [0.15, 0.2) is 0 Å². The fourth-order valence-electron chi connectivity index (χ4n) is 2.36. The molecular formula is C14H21Cl2FN2. The first-order valence-corrected chi connectivity index (χ1v) is 6.12. The van der Waals surface area contributed by atoms with Crippen LogP contribution in [0, 0.1) is 5.82 Å². The molecule has 1 aromatic rings. The van der Waals surface area contributed by atoms with E-state index >= 15 is 0 Å². The summed E-state index contributed by atoms with van der Waals surface area (Å²) in [5.41, 5.74) is 1.05. The highest BCUT2D eigenvalue weighted by molar-refractivity contribution is 5.85. The first-order chi connectivity index (χ1) is 8.31. The van der Waals surface area contributed by atoms with E-state index in [4.69, 9.17) is 0 Å². The van der Waals surface area contributed by atoms with Gasteiger partial charge in [0.1, 0.15) is 5.82 Å². The van der Waals surface area contributed by atoms with Gasteiger partial charge in [-0.3, -0.25) is 4.90 Å². The van der Waals surface area contributed by atoms with Gasteiger partial charge in [0, 0.05) is 32.2 Å². The van der Waals surface area contributed by atoms with Crippen molar-refractivity contribution in [2.45, 2.75) is 12.5 Å². The summed E-state index contributed by atoms with van der Waals surface area (Å²) in [4.78, 5) is 2.40. The number of hydrogen-bond donors (Lipinski definition) is 1. The maximum atomic E-state index is 13.3. The Morgan fingerprint density at radius 2 is 2.00 bits per heavy atom. The zero-order valence-corrected chi connectivity index (χ0v) is 12.5. The van der Waals surface area contributed by atoms with Crippen LogP contribution in [0.3, 0.4) is 0 Å². The van der Waals surface area contributed by atoms with E-state index in [9.17, 15) is 4.39 Å². The molecule has 1 fully saturated rings. The van der Waals surface area contributed by atoms with Crippen LogP contribution in [0.4, 0.5) is 4.39 Å². The minimum atomic E-state index is -0.160. The Morgan fingerprint density at radius 1 is 1.32 bits per heavy atom. The minimum Gasteiger partial charge on any atom is -0.314 e. The van der Waals surface area contributed by atoms with Crippen molar-refractivity contribution in [2.24, 2.45) is 0 Å². The third-order valence-electron chi connectivity index (χ3n) is 3.22. The molecule has 19 heavy (non-hydrogen) atoms. The monoisotopic (exact) mass is 306 g/mol. The zero-order chi connectivity index (χ0) is 12.1. The lowest BCUT2D eigenvalue weighted by Crippen LogP contribution is -2.45. The van der Waals surface area contributed by atoms with Crippen molar-refractivity contribution < 1.29 is 4.39 Å². The van der Waals surface area contributed by atoms with E-state index in [1.807, 2.05) is 12.1 Å². The van der Waals surface area contributed by atoms with E-state index in [1.54, 1.807) is 12.1 Å². The van der Waals surface area contributed by atoms with Crippen LogP contribution in [0.5, 0.6) is 0 Å². The van der Waals surface area contributed by atoms with Crippen molar-refractivity contribution in [3.8, 4) is 0 Å². The third-order valence-corrected chi connectivity index (χ3v) is 3.22. The van der Waals surface area contributed by atoms with Crippen molar-refractivity contribution >= 4 is 24.8 Å². The standard InChI is InChI=1S/C14H19FN2.2ClH/c1-2-4-14(17-9-7-16-8-10-17)12-5-3-6-13(15)11-12;;/h2-3,5-6,11,14,16H,1,4,7-10H2;2*1H/t14-;;/m1../s1. The van der Waals surface area contributed by atoms with E-state index in [-0.39, 0.29) is 36.7 Å². The molecule has 0 amide bonds. The normalized spacial score (nSPS) is 16.9. The van der Waals surface area contributed by atoms with Crippen LogP contribution in [0.2, 0.25) is 0 Å². The Kier molecular flexibility index (Phi) is 9.02. The summed E-state index contributed by atoms with van der Waals surface area (Å²) in [6, 6.07) is 7.16. The second kappa shape index (κ2) is 9.32. The first kappa shape index (κ1) is 18.4. The highest BCUT2D eigenvalue weighted by Crippen LogP contribution is 2.25. The van der Waals surface area contributed by atoms with E-state index in [0.717, 1.165) is 38.2 Å². The summed E-state index contributed by atoms with van der Waals surface area (Å²) in [7, 11) is 0. The van der Waals surface area contributed by atoms with E-state index in [2.05, 4.69) is 16.8 Å². The summed E-state index contributed by atoms with van der Waals surface area (Å²) in [5.74, 6) is -0.160. The summed E-state index contributed by atoms with van der Waals surface area (Å²) in [6.07, 6.45) is 2.78. The van der Waals surface area contributed by atoms with Crippen molar-refractivity contribution in [2.75, 3.05) is 26.2 Å². The Labute approximate surface area is 126 Å². The molecule has 0 radical (unpaired) electrons. The summed E-state index contributed by atoms with van der Waals surface area (Å²) in [5, 5.41) is 3.33.